The Morgan fingerprint density at radius 3 is 2.37 bits per heavy atom. The smallest absolute Gasteiger partial charge is 0.129 e. The zero-order valence-corrected chi connectivity index (χ0v) is 16.2. The van der Waals surface area contributed by atoms with Crippen molar-refractivity contribution in [1.29, 1.82) is 0 Å². The maximum absolute atomic E-state index is 13.7. The highest BCUT2D eigenvalue weighted by Gasteiger charge is 2.06. The molecule has 2 nitrogen and oxygen atoms in total. The van der Waals surface area contributed by atoms with Gasteiger partial charge in [0.05, 0.1) is 0 Å². The Morgan fingerprint density at radius 1 is 0.852 bits per heavy atom. The average Bonchev–Trinajstić information content (AvgIpc) is 2.67. The van der Waals surface area contributed by atoms with Crippen molar-refractivity contribution in [1.82, 2.24) is 5.32 Å². The van der Waals surface area contributed by atoms with Crippen molar-refractivity contribution in [3.8, 4) is 5.75 Å². The zero-order chi connectivity index (χ0) is 19.1. The molecule has 3 aromatic rings. The highest BCUT2D eigenvalue weighted by Crippen LogP contribution is 2.22. The Bertz CT molecular complexity index is 901. The molecule has 0 atom stereocenters. The van der Waals surface area contributed by atoms with Crippen LogP contribution in [-0.2, 0) is 19.6 Å². The van der Waals surface area contributed by atoms with E-state index in [-0.39, 0.29) is 12.4 Å². The number of benzene rings is 3. The van der Waals surface area contributed by atoms with Crippen LogP contribution in [0, 0.1) is 5.82 Å². The minimum Gasteiger partial charge on any atom is -0.488 e. The molecular formula is C22H20Cl2FNO. The lowest BCUT2D eigenvalue weighted by Crippen LogP contribution is -2.17. The molecular weight excluding hydrogens is 384 g/mol. The lowest BCUT2D eigenvalue weighted by atomic mass is 10.1. The summed E-state index contributed by atoms with van der Waals surface area (Å²) in [5.74, 6) is 0.491. The molecule has 0 bridgehead atoms. The third-order valence-electron chi connectivity index (χ3n) is 4.22. The first-order valence-corrected chi connectivity index (χ1v) is 9.48. The van der Waals surface area contributed by atoms with Crippen molar-refractivity contribution in [2.75, 3.05) is 6.54 Å². The van der Waals surface area contributed by atoms with Crippen LogP contribution in [0.4, 0.5) is 4.39 Å². The minimum absolute atomic E-state index is 0.198. The Labute approximate surface area is 168 Å². The normalized spacial score (nSPS) is 10.8. The van der Waals surface area contributed by atoms with Crippen LogP contribution < -0.4 is 10.1 Å². The van der Waals surface area contributed by atoms with Crippen molar-refractivity contribution in [2.24, 2.45) is 0 Å². The Hall–Kier alpha value is -2.07. The maximum atomic E-state index is 13.7. The van der Waals surface area contributed by atoms with Gasteiger partial charge in [0.2, 0.25) is 0 Å². The summed E-state index contributed by atoms with van der Waals surface area (Å²) in [7, 11) is 0. The Balaban J connectivity index is 1.54. The quantitative estimate of drug-likeness (QED) is 0.462. The van der Waals surface area contributed by atoms with Gasteiger partial charge in [-0.15, -0.1) is 0 Å². The summed E-state index contributed by atoms with van der Waals surface area (Å²) >= 11 is 12.1. The molecule has 1 N–H and O–H groups in total. The van der Waals surface area contributed by atoms with Crippen LogP contribution in [0.25, 0.3) is 0 Å². The third-order valence-corrected chi connectivity index (χ3v) is 4.80. The van der Waals surface area contributed by atoms with Crippen molar-refractivity contribution in [3.63, 3.8) is 0 Å². The molecule has 0 saturated heterocycles. The van der Waals surface area contributed by atoms with E-state index in [1.807, 2.05) is 36.4 Å². The van der Waals surface area contributed by atoms with Gasteiger partial charge in [-0.25, -0.2) is 4.39 Å². The molecule has 0 heterocycles. The van der Waals surface area contributed by atoms with Gasteiger partial charge >= 0.3 is 0 Å². The summed E-state index contributed by atoms with van der Waals surface area (Å²) < 4.78 is 19.6. The van der Waals surface area contributed by atoms with E-state index in [9.17, 15) is 4.39 Å². The van der Waals surface area contributed by atoms with Crippen molar-refractivity contribution in [2.45, 2.75) is 19.6 Å². The molecule has 0 saturated carbocycles. The summed E-state index contributed by atoms with van der Waals surface area (Å²) in [6, 6.07) is 19.9. The molecule has 0 aromatic heterocycles. The number of hydrogen-bond donors (Lipinski definition) is 1. The number of hydrogen-bond acceptors (Lipinski definition) is 2. The molecule has 3 aromatic carbocycles. The van der Waals surface area contributed by atoms with Crippen molar-refractivity contribution >= 4 is 23.2 Å². The predicted molar refractivity (Wildman–Crippen MR) is 109 cm³/mol. The fourth-order valence-corrected chi connectivity index (χ4v) is 3.24. The summed E-state index contributed by atoms with van der Waals surface area (Å²) in [4.78, 5) is 0. The van der Waals surface area contributed by atoms with Crippen LogP contribution in [0.3, 0.4) is 0 Å². The molecule has 0 amide bonds. The third kappa shape index (κ3) is 5.70. The number of nitrogens with one attached hydrogen (secondary N) is 1. The highest BCUT2D eigenvalue weighted by molar-refractivity contribution is 6.35. The number of para-hydroxylation sites is 1. The summed E-state index contributed by atoms with van der Waals surface area (Å²) in [6.07, 6.45) is 0.800. The number of rotatable bonds is 8. The summed E-state index contributed by atoms with van der Waals surface area (Å²) in [6.45, 7) is 1.62. The lowest BCUT2D eigenvalue weighted by Gasteiger charge is -2.13. The minimum atomic E-state index is -0.257. The van der Waals surface area contributed by atoms with Crippen LogP contribution in [0.5, 0.6) is 5.75 Å². The second-order valence-electron chi connectivity index (χ2n) is 6.15. The molecule has 0 aliphatic rings. The van der Waals surface area contributed by atoms with Gasteiger partial charge < -0.3 is 10.1 Å². The first-order valence-electron chi connectivity index (χ1n) is 8.72. The second-order valence-corrected chi connectivity index (χ2v) is 6.99. The van der Waals surface area contributed by atoms with Crippen LogP contribution in [-0.4, -0.2) is 6.54 Å². The monoisotopic (exact) mass is 403 g/mol. The van der Waals surface area contributed by atoms with E-state index in [1.165, 1.54) is 6.07 Å². The van der Waals surface area contributed by atoms with Crippen LogP contribution in [0.1, 0.15) is 16.7 Å². The Morgan fingerprint density at radius 2 is 1.59 bits per heavy atom. The molecule has 3 rings (SSSR count). The highest BCUT2D eigenvalue weighted by atomic mass is 35.5. The molecule has 27 heavy (non-hydrogen) atoms. The van der Waals surface area contributed by atoms with Crippen LogP contribution in [0.2, 0.25) is 10.0 Å². The number of ether oxygens (including phenoxy) is 1. The van der Waals surface area contributed by atoms with Gasteiger partial charge in [0.25, 0.3) is 0 Å². The van der Waals surface area contributed by atoms with E-state index in [0.717, 1.165) is 29.8 Å². The van der Waals surface area contributed by atoms with E-state index in [2.05, 4.69) is 5.32 Å². The average molecular weight is 404 g/mol. The maximum Gasteiger partial charge on any atom is 0.129 e. The van der Waals surface area contributed by atoms with E-state index in [4.69, 9.17) is 27.9 Å². The van der Waals surface area contributed by atoms with Gasteiger partial charge in [0.1, 0.15) is 18.2 Å². The van der Waals surface area contributed by atoms with E-state index >= 15 is 0 Å². The molecule has 0 unspecified atom stereocenters. The standard InChI is InChI=1S/C22H20Cl2FNO/c23-19-10-9-16(20(24)13-19)11-12-26-14-17-5-2-4-8-22(17)27-15-18-6-1-3-7-21(18)25/h1-10,13,26H,11-12,14-15H2. The van der Waals surface area contributed by atoms with Gasteiger partial charge in [-0.1, -0.05) is 65.7 Å². The van der Waals surface area contributed by atoms with Gasteiger partial charge in [-0.3, -0.25) is 0 Å². The fourth-order valence-electron chi connectivity index (χ4n) is 2.73. The molecule has 0 spiro atoms. The van der Waals surface area contributed by atoms with Gasteiger partial charge in [-0.2, -0.15) is 0 Å². The molecule has 0 fully saturated rings. The molecule has 0 aliphatic heterocycles. The SMILES string of the molecule is Fc1ccccc1COc1ccccc1CNCCc1ccc(Cl)cc1Cl. The van der Waals surface area contributed by atoms with Crippen molar-refractivity contribution in [3.05, 3.63) is 99.3 Å². The van der Waals surface area contributed by atoms with E-state index in [0.29, 0.717) is 22.2 Å². The van der Waals surface area contributed by atoms with Crippen LogP contribution >= 0.6 is 23.2 Å². The topological polar surface area (TPSA) is 21.3 Å². The van der Waals surface area contributed by atoms with Gasteiger partial charge in [0.15, 0.2) is 0 Å². The van der Waals surface area contributed by atoms with E-state index in [1.54, 1.807) is 24.3 Å². The van der Waals surface area contributed by atoms with Crippen molar-refractivity contribution < 1.29 is 9.13 Å². The lowest BCUT2D eigenvalue weighted by molar-refractivity contribution is 0.296. The number of halogens is 3. The van der Waals surface area contributed by atoms with E-state index < -0.39 is 0 Å². The molecule has 5 heteroatoms. The zero-order valence-electron chi connectivity index (χ0n) is 14.7. The summed E-state index contributed by atoms with van der Waals surface area (Å²) in [5, 5.41) is 4.71. The Kier molecular flexibility index (Phi) is 7.11. The molecule has 140 valence electrons. The van der Waals surface area contributed by atoms with Crippen LogP contribution in [0.15, 0.2) is 66.7 Å². The molecule has 0 radical (unpaired) electrons. The van der Waals surface area contributed by atoms with Gasteiger partial charge in [-0.05, 0) is 42.8 Å². The molecule has 0 aliphatic carbocycles. The first kappa shape index (κ1) is 19.7. The largest absolute Gasteiger partial charge is 0.488 e. The first-order chi connectivity index (χ1) is 13.1. The summed E-state index contributed by atoms with van der Waals surface area (Å²) in [5.41, 5.74) is 2.62. The predicted octanol–water partition coefficient (Wildman–Crippen LogP) is 6.04. The van der Waals surface area contributed by atoms with Gasteiger partial charge in [0, 0.05) is 27.7 Å². The second kappa shape index (κ2) is 9.75. The fraction of sp³-hybridized carbons (Fsp3) is 0.182.